The Hall–Kier alpha value is -1.62. The van der Waals surface area contributed by atoms with E-state index in [4.69, 9.17) is 4.98 Å². The molecule has 10 heteroatoms. The second-order valence-electron chi connectivity index (χ2n) is 11.4. The number of hydrogen-bond acceptors (Lipinski definition) is 8. The molecule has 0 saturated carbocycles. The van der Waals surface area contributed by atoms with E-state index in [1.165, 1.54) is 19.3 Å². The van der Waals surface area contributed by atoms with Gasteiger partial charge >= 0.3 is 0 Å². The largest absolute Gasteiger partial charge is 0.616 e. The first-order valence-corrected chi connectivity index (χ1v) is 17.4. The zero-order valence-electron chi connectivity index (χ0n) is 25.5. The van der Waals surface area contributed by atoms with Gasteiger partial charge in [-0.05, 0) is 71.7 Å². The van der Waals surface area contributed by atoms with Gasteiger partial charge in [0.25, 0.3) is 0 Å². The van der Waals surface area contributed by atoms with E-state index in [1.54, 1.807) is 0 Å². The van der Waals surface area contributed by atoms with E-state index in [9.17, 15) is 9.35 Å². The summed E-state index contributed by atoms with van der Waals surface area (Å²) in [5.41, 5.74) is 0. The SMILES string of the molecule is CCCCCN(CC)c1ccnc(N[C@H]2CCCN(C3CC[S+]([O-])CC3)[C@@H]2CCNC(=O)C(CC)CCNC)n1. The Balaban J connectivity index is 1.70. The van der Waals surface area contributed by atoms with E-state index in [2.05, 4.69) is 51.5 Å². The number of carbonyl (C=O) groups excluding carboxylic acids is 1. The van der Waals surface area contributed by atoms with Crippen molar-refractivity contribution in [2.75, 3.05) is 61.5 Å². The number of amides is 1. The average molecular weight is 578 g/mol. The molecule has 1 aromatic heterocycles. The summed E-state index contributed by atoms with van der Waals surface area (Å²) in [6.07, 6.45) is 12.2. The van der Waals surface area contributed by atoms with E-state index in [0.717, 1.165) is 88.4 Å². The van der Waals surface area contributed by atoms with Gasteiger partial charge in [-0.3, -0.25) is 9.69 Å². The molecule has 2 saturated heterocycles. The van der Waals surface area contributed by atoms with Gasteiger partial charge in [0.15, 0.2) is 0 Å². The summed E-state index contributed by atoms with van der Waals surface area (Å²) in [6, 6.07) is 2.93. The van der Waals surface area contributed by atoms with Gasteiger partial charge in [0.1, 0.15) is 17.3 Å². The minimum absolute atomic E-state index is 0.0483. The molecule has 3 atom stereocenters. The van der Waals surface area contributed by atoms with Crippen molar-refractivity contribution in [3.8, 4) is 0 Å². The first kappa shape index (κ1) is 32.9. The number of unbranched alkanes of at least 4 members (excludes halogenated alkanes) is 2. The summed E-state index contributed by atoms with van der Waals surface area (Å²) >= 11 is -0.679. The molecular formula is C30H55N7O2S. The van der Waals surface area contributed by atoms with E-state index in [1.807, 2.05) is 19.3 Å². The number of hydrogen-bond donors (Lipinski definition) is 3. The number of aromatic nitrogens is 2. The Morgan fingerprint density at radius 2 is 2.00 bits per heavy atom. The number of piperidine rings is 1. The summed E-state index contributed by atoms with van der Waals surface area (Å²) in [6.45, 7) is 11.0. The molecule has 1 amide bonds. The lowest BCUT2D eigenvalue weighted by atomic mass is 9.90. The third-order valence-electron chi connectivity index (χ3n) is 8.69. The second-order valence-corrected chi connectivity index (χ2v) is 13.1. The zero-order chi connectivity index (χ0) is 28.7. The highest BCUT2D eigenvalue weighted by atomic mass is 32.2. The van der Waals surface area contributed by atoms with Crippen LogP contribution < -0.4 is 20.9 Å². The van der Waals surface area contributed by atoms with Gasteiger partial charge in [-0.2, -0.15) is 4.98 Å². The summed E-state index contributed by atoms with van der Waals surface area (Å²) < 4.78 is 12.1. The number of likely N-dealkylation sites (tertiary alicyclic amines) is 1. The van der Waals surface area contributed by atoms with Crippen LogP contribution in [0.5, 0.6) is 0 Å². The van der Waals surface area contributed by atoms with Gasteiger partial charge in [0.05, 0.1) is 0 Å². The Morgan fingerprint density at radius 3 is 2.70 bits per heavy atom. The maximum absolute atomic E-state index is 12.9. The van der Waals surface area contributed by atoms with Crippen molar-refractivity contribution in [2.45, 2.75) is 103 Å². The molecule has 1 unspecified atom stereocenters. The highest BCUT2D eigenvalue weighted by Crippen LogP contribution is 2.29. The number of carbonyl (C=O) groups is 1. The van der Waals surface area contributed by atoms with Crippen LogP contribution in [0.25, 0.3) is 0 Å². The van der Waals surface area contributed by atoms with Gasteiger partial charge in [-0.1, -0.05) is 37.9 Å². The Bertz CT molecular complexity index is 855. The fourth-order valence-corrected chi connectivity index (χ4v) is 7.53. The molecule has 0 spiro atoms. The predicted octanol–water partition coefficient (Wildman–Crippen LogP) is 3.79. The van der Waals surface area contributed by atoms with Crippen LogP contribution in [0.2, 0.25) is 0 Å². The van der Waals surface area contributed by atoms with Crippen molar-refractivity contribution >= 4 is 28.8 Å². The van der Waals surface area contributed by atoms with Gasteiger partial charge in [0.2, 0.25) is 11.9 Å². The number of anilines is 2. The summed E-state index contributed by atoms with van der Waals surface area (Å²) in [5.74, 6) is 3.47. The van der Waals surface area contributed by atoms with Gasteiger partial charge in [0, 0.05) is 62.7 Å². The molecule has 9 nitrogen and oxygen atoms in total. The van der Waals surface area contributed by atoms with Crippen LogP contribution in [0.4, 0.5) is 11.8 Å². The van der Waals surface area contributed by atoms with Crippen LogP contribution in [0.1, 0.15) is 85.0 Å². The van der Waals surface area contributed by atoms with Crippen molar-refractivity contribution < 1.29 is 9.35 Å². The molecule has 2 fully saturated rings. The van der Waals surface area contributed by atoms with E-state index in [0.29, 0.717) is 18.5 Å². The monoisotopic (exact) mass is 577 g/mol. The number of rotatable bonds is 17. The lowest BCUT2D eigenvalue weighted by molar-refractivity contribution is -0.125. The van der Waals surface area contributed by atoms with Crippen LogP contribution in [0.15, 0.2) is 12.3 Å². The summed E-state index contributed by atoms with van der Waals surface area (Å²) in [4.78, 5) is 27.5. The maximum atomic E-state index is 12.9. The minimum atomic E-state index is -0.679. The molecule has 0 radical (unpaired) electrons. The minimum Gasteiger partial charge on any atom is -0.616 e. The van der Waals surface area contributed by atoms with E-state index < -0.39 is 11.2 Å². The van der Waals surface area contributed by atoms with Crippen molar-refractivity contribution in [2.24, 2.45) is 5.92 Å². The average Bonchev–Trinajstić information content (AvgIpc) is 2.97. The first-order chi connectivity index (χ1) is 19.5. The Labute approximate surface area is 246 Å². The fourth-order valence-electron chi connectivity index (χ4n) is 6.26. The third-order valence-corrected chi connectivity index (χ3v) is 10.1. The van der Waals surface area contributed by atoms with Crippen molar-refractivity contribution in [1.82, 2.24) is 25.5 Å². The van der Waals surface area contributed by atoms with E-state index >= 15 is 0 Å². The predicted molar refractivity (Wildman–Crippen MR) is 167 cm³/mol. The van der Waals surface area contributed by atoms with Crippen LogP contribution in [0, 0.1) is 5.92 Å². The molecule has 3 heterocycles. The molecule has 0 aromatic carbocycles. The quantitative estimate of drug-likeness (QED) is 0.190. The molecule has 0 bridgehead atoms. The fraction of sp³-hybridized carbons (Fsp3) is 0.833. The lowest BCUT2D eigenvalue weighted by Gasteiger charge is -2.46. The number of nitrogens with one attached hydrogen (secondary N) is 3. The molecule has 0 aliphatic carbocycles. The molecule has 3 N–H and O–H groups in total. The lowest BCUT2D eigenvalue weighted by Crippen LogP contribution is -2.57. The maximum Gasteiger partial charge on any atom is 0.224 e. The summed E-state index contributed by atoms with van der Waals surface area (Å²) in [5, 5.41) is 10.1. The molecular weight excluding hydrogens is 522 g/mol. The highest BCUT2D eigenvalue weighted by molar-refractivity contribution is 7.91. The van der Waals surface area contributed by atoms with Crippen LogP contribution in [0.3, 0.4) is 0 Å². The topological polar surface area (TPSA) is 108 Å². The van der Waals surface area contributed by atoms with Crippen LogP contribution in [-0.2, 0) is 16.0 Å². The summed E-state index contributed by atoms with van der Waals surface area (Å²) in [7, 11) is 1.93. The van der Waals surface area contributed by atoms with Crippen molar-refractivity contribution in [3.63, 3.8) is 0 Å². The van der Waals surface area contributed by atoms with Gasteiger partial charge in [-0.15, -0.1) is 0 Å². The number of nitrogens with zero attached hydrogens (tertiary/aromatic N) is 4. The Kier molecular flexibility index (Phi) is 14.8. The van der Waals surface area contributed by atoms with Gasteiger partial charge in [-0.25, -0.2) is 4.98 Å². The van der Waals surface area contributed by atoms with E-state index in [-0.39, 0.29) is 23.9 Å². The molecule has 3 rings (SSSR count). The van der Waals surface area contributed by atoms with Gasteiger partial charge < -0.3 is 25.4 Å². The molecule has 1 aromatic rings. The van der Waals surface area contributed by atoms with Crippen molar-refractivity contribution in [1.29, 1.82) is 0 Å². The first-order valence-electron chi connectivity index (χ1n) is 15.9. The smallest absolute Gasteiger partial charge is 0.224 e. The highest BCUT2D eigenvalue weighted by Gasteiger charge is 2.38. The normalized spacial score (nSPS) is 24.4. The van der Waals surface area contributed by atoms with Crippen LogP contribution >= 0.6 is 0 Å². The zero-order valence-corrected chi connectivity index (χ0v) is 26.3. The van der Waals surface area contributed by atoms with Crippen molar-refractivity contribution in [3.05, 3.63) is 12.3 Å². The molecule has 2 aliphatic rings. The molecule has 40 heavy (non-hydrogen) atoms. The van der Waals surface area contributed by atoms with Crippen LogP contribution in [-0.4, -0.2) is 94.7 Å². The standard InChI is InChI=1S/C30H55N7O2S/c1-5-8-9-20-36(7-3)28-14-19-33-30(35-28)34-26-11-10-21-37(25-15-22-40(39)23-16-25)27(26)13-18-32-29(38)24(6-2)12-17-31-4/h14,19,24-27,31H,5-13,15-18,20-23H2,1-4H3,(H,32,38)(H,33,34,35)/t24?,25?,26-,27+,40?/m0/s1. The molecule has 228 valence electrons. The molecule has 2 aliphatic heterocycles. The second kappa shape index (κ2) is 18.0. The Morgan fingerprint density at radius 1 is 1.20 bits per heavy atom. The third kappa shape index (κ3) is 10.0.